The largest absolute Gasteiger partial charge is 0.396 e. The number of nitrogen functional groups attached to an aromatic ring is 1. The van der Waals surface area contributed by atoms with Crippen molar-refractivity contribution >= 4 is 39.6 Å². The molecule has 0 radical (unpaired) electrons. The van der Waals surface area contributed by atoms with Crippen molar-refractivity contribution in [1.29, 1.82) is 0 Å². The van der Waals surface area contributed by atoms with Gasteiger partial charge in [-0.3, -0.25) is 4.79 Å². The highest BCUT2D eigenvalue weighted by atomic mass is 32.2. The molecular weight excluding hydrogens is 290 g/mol. The summed E-state index contributed by atoms with van der Waals surface area (Å²) in [4.78, 5) is 16.0. The molecule has 0 saturated heterocycles. The quantitative estimate of drug-likeness (QED) is 0.438. The Labute approximate surface area is 130 Å². The minimum absolute atomic E-state index is 0.0211. The van der Waals surface area contributed by atoms with E-state index >= 15 is 0 Å². The van der Waals surface area contributed by atoms with E-state index in [9.17, 15) is 4.79 Å². The number of thioether (sulfide) groups is 1. The third-order valence-electron chi connectivity index (χ3n) is 2.92. The van der Waals surface area contributed by atoms with Crippen LogP contribution in [0.2, 0.25) is 0 Å². The van der Waals surface area contributed by atoms with E-state index in [0.717, 1.165) is 29.4 Å². The highest BCUT2D eigenvalue weighted by Gasteiger charge is 2.22. The third kappa shape index (κ3) is 4.40. The van der Waals surface area contributed by atoms with E-state index in [2.05, 4.69) is 24.3 Å². The predicted octanol–water partition coefficient (Wildman–Crippen LogP) is 3.25. The first-order chi connectivity index (χ1) is 9.38. The van der Waals surface area contributed by atoms with Crippen molar-refractivity contribution in [3.63, 3.8) is 0 Å². The lowest BCUT2D eigenvalue weighted by molar-refractivity contribution is 0.0944. The van der Waals surface area contributed by atoms with Crippen molar-refractivity contribution in [2.75, 3.05) is 44.5 Å². The molecule has 1 rings (SSSR count). The number of anilines is 2. The van der Waals surface area contributed by atoms with Crippen molar-refractivity contribution in [2.24, 2.45) is 5.92 Å². The Kier molecular flexibility index (Phi) is 6.85. The Balaban J connectivity index is 2.80. The minimum Gasteiger partial charge on any atom is -0.396 e. The Morgan fingerprint density at radius 1 is 1.45 bits per heavy atom. The second-order valence-electron chi connectivity index (χ2n) is 5.31. The topological polar surface area (TPSA) is 58.4 Å². The van der Waals surface area contributed by atoms with Crippen LogP contribution < -0.4 is 11.1 Å². The van der Waals surface area contributed by atoms with Crippen molar-refractivity contribution in [2.45, 2.75) is 25.2 Å². The number of nitrogens with zero attached hydrogens (tertiary/aromatic N) is 1. The van der Waals surface area contributed by atoms with Gasteiger partial charge in [-0.1, -0.05) is 13.8 Å². The maximum Gasteiger partial charge on any atom is 0.177 e. The Morgan fingerprint density at radius 3 is 2.60 bits per heavy atom. The average molecular weight is 316 g/mol. The second kappa shape index (κ2) is 7.90. The molecule has 1 aromatic rings. The lowest BCUT2D eigenvalue weighted by atomic mass is 10.1. The molecule has 1 aromatic heterocycles. The number of hydrogen-bond donors (Lipinski definition) is 2. The van der Waals surface area contributed by atoms with E-state index in [1.54, 1.807) is 11.8 Å². The van der Waals surface area contributed by atoms with Crippen molar-refractivity contribution in [1.82, 2.24) is 4.90 Å². The van der Waals surface area contributed by atoms with Gasteiger partial charge in [-0.2, -0.15) is 0 Å². The van der Waals surface area contributed by atoms with E-state index in [1.807, 2.05) is 20.1 Å². The zero-order valence-electron chi connectivity index (χ0n) is 12.9. The van der Waals surface area contributed by atoms with Gasteiger partial charge in [-0.15, -0.1) is 23.1 Å². The van der Waals surface area contributed by atoms with Gasteiger partial charge in [0.05, 0.1) is 15.5 Å². The Hall–Kier alpha value is -0.720. The number of rotatable bonds is 8. The van der Waals surface area contributed by atoms with Gasteiger partial charge in [0.2, 0.25) is 0 Å². The molecule has 114 valence electrons. The standard InChI is InChI=1S/C14H25N3OS2/c1-9(2)11(18)12-10(15)13(19-5)14(20-12)16-7-6-8-17(3)4/h9,16H,6-8,15H2,1-5H3. The molecule has 0 aliphatic rings. The molecule has 0 aliphatic heterocycles. The average Bonchev–Trinajstić information content (AvgIpc) is 2.69. The van der Waals surface area contributed by atoms with Crippen LogP contribution in [0.4, 0.5) is 10.7 Å². The number of ketones is 1. The number of nitrogens with one attached hydrogen (secondary N) is 1. The van der Waals surface area contributed by atoms with Crippen LogP contribution in [0.25, 0.3) is 0 Å². The first-order valence-electron chi connectivity index (χ1n) is 6.77. The molecule has 1 heterocycles. The van der Waals surface area contributed by atoms with Gasteiger partial charge < -0.3 is 16.0 Å². The molecule has 0 atom stereocenters. The zero-order chi connectivity index (χ0) is 15.3. The molecule has 6 heteroatoms. The fourth-order valence-corrected chi connectivity index (χ4v) is 3.94. The third-order valence-corrected chi connectivity index (χ3v) is 5.06. The molecule has 0 amide bonds. The Bertz CT molecular complexity index is 456. The SMILES string of the molecule is CSc1c(NCCCN(C)C)sc(C(=O)C(C)C)c1N. The molecule has 20 heavy (non-hydrogen) atoms. The summed E-state index contributed by atoms with van der Waals surface area (Å²) in [6.07, 6.45) is 3.05. The maximum absolute atomic E-state index is 12.2. The first kappa shape index (κ1) is 17.3. The molecule has 0 fully saturated rings. The monoisotopic (exact) mass is 315 g/mol. The normalized spacial score (nSPS) is 11.3. The van der Waals surface area contributed by atoms with Gasteiger partial charge in [0.1, 0.15) is 5.00 Å². The summed E-state index contributed by atoms with van der Waals surface area (Å²) >= 11 is 3.08. The molecule has 0 spiro atoms. The molecule has 4 nitrogen and oxygen atoms in total. The fraction of sp³-hybridized carbons (Fsp3) is 0.643. The summed E-state index contributed by atoms with van der Waals surface area (Å²) in [7, 11) is 4.13. The van der Waals surface area contributed by atoms with Crippen LogP contribution in [0.15, 0.2) is 4.90 Å². The maximum atomic E-state index is 12.2. The fourth-order valence-electron chi connectivity index (χ4n) is 1.79. The number of carbonyl (C=O) groups excluding carboxylic acids is 1. The number of nitrogens with two attached hydrogens (primary N) is 1. The lowest BCUT2D eigenvalue weighted by Crippen LogP contribution is -2.16. The van der Waals surface area contributed by atoms with Crippen molar-refractivity contribution in [3.05, 3.63) is 4.88 Å². The van der Waals surface area contributed by atoms with E-state index in [4.69, 9.17) is 5.73 Å². The first-order valence-corrected chi connectivity index (χ1v) is 8.81. The van der Waals surface area contributed by atoms with E-state index in [-0.39, 0.29) is 11.7 Å². The molecule has 0 saturated carbocycles. The molecule has 3 N–H and O–H groups in total. The number of thiophene rings is 1. The Morgan fingerprint density at radius 2 is 2.10 bits per heavy atom. The number of Topliss-reactive ketones (excluding diaryl/α,β-unsaturated/α-hetero) is 1. The number of carbonyl (C=O) groups is 1. The summed E-state index contributed by atoms with van der Waals surface area (Å²) in [5.41, 5.74) is 6.76. The summed E-state index contributed by atoms with van der Waals surface area (Å²) in [5, 5.41) is 4.44. The predicted molar refractivity (Wildman–Crippen MR) is 91.3 cm³/mol. The van der Waals surface area contributed by atoms with Crippen LogP contribution in [-0.2, 0) is 0 Å². The van der Waals surface area contributed by atoms with Crippen LogP contribution in [0.3, 0.4) is 0 Å². The van der Waals surface area contributed by atoms with Gasteiger partial charge in [-0.05, 0) is 33.3 Å². The van der Waals surface area contributed by atoms with Crippen LogP contribution in [-0.4, -0.2) is 44.1 Å². The zero-order valence-corrected chi connectivity index (χ0v) is 14.6. The molecule has 0 bridgehead atoms. The molecule has 0 aromatic carbocycles. The summed E-state index contributed by atoms with van der Waals surface area (Å²) in [6.45, 7) is 5.75. The summed E-state index contributed by atoms with van der Waals surface area (Å²) < 4.78 is 0. The second-order valence-corrected chi connectivity index (χ2v) is 7.15. The highest BCUT2D eigenvalue weighted by Crippen LogP contribution is 2.42. The molecule has 0 unspecified atom stereocenters. The van der Waals surface area contributed by atoms with Gasteiger partial charge in [0.15, 0.2) is 5.78 Å². The van der Waals surface area contributed by atoms with Gasteiger partial charge in [0.25, 0.3) is 0 Å². The van der Waals surface area contributed by atoms with Crippen LogP contribution >= 0.6 is 23.1 Å². The number of hydrogen-bond acceptors (Lipinski definition) is 6. The lowest BCUT2D eigenvalue weighted by Gasteiger charge is -2.10. The minimum atomic E-state index is -0.0211. The van der Waals surface area contributed by atoms with Crippen LogP contribution in [0.1, 0.15) is 29.9 Å². The molecule has 0 aliphatic carbocycles. The van der Waals surface area contributed by atoms with Crippen molar-refractivity contribution < 1.29 is 4.79 Å². The molecular formula is C14H25N3OS2. The van der Waals surface area contributed by atoms with Crippen LogP contribution in [0, 0.1) is 5.92 Å². The van der Waals surface area contributed by atoms with Gasteiger partial charge in [0, 0.05) is 12.5 Å². The van der Waals surface area contributed by atoms with Crippen LogP contribution in [0.5, 0.6) is 0 Å². The van der Waals surface area contributed by atoms with Gasteiger partial charge in [-0.25, -0.2) is 0 Å². The smallest absolute Gasteiger partial charge is 0.177 e. The highest BCUT2D eigenvalue weighted by molar-refractivity contribution is 7.99. The van der Waals surface area contributed by atoms with Gasteiger partial charge >= 0.3 is 0 Å². The van der Waals surface area contributed by atoms with E-state index in [1.165, 1.54) is 11.3 Å². The summed E-state index contributed by atoms with van der Waals surface area (Å²) in [6, 6.07) is 0. The van der Waals surface area contributed by atoms with E-state index < -0.39 is 0 Å². The van der Waals surface area contributed by atoms with E-state index in [0.29, 0.717) is 10.6 Å². The summed E-state index contributed by atoms with van der Waals surface area (Å²) in [5.74, 6) is 0.108. The van der Waals surface area contributed by atoms with Crippen molar-refractivity contribution in [3.8, 4) is 0 Å².